The molecule has 1 heterocycles. The van der Waals surface area contributed by atoms with Gasteiger partial charge in [-0.25, -0.2) is 4.79 Å². The number of carbonyl (C=O) groups excluding carboxylic acids is 1. The van der Waals surface area contributed by atoms with E-state index in [1.165, 1.54) is 7.11 Å². The molecule has 0 saturated carbocycles. The van der Waals surface area contributed by atoms with Gasteiger partial charge in [-0.05, 0) is 12.5 Å². The predicted molar refractivity (Wildman–Crippen MR) is 47.3 cm³/mol. The van der Waals surface area contributed by atoms with Crippen molar-refractivity contribution >= 4 is 12.2 Å². The fourth-order valence-electron chi connectivity index (χ4n) is 1.16. The normalized spacial score (nSPS) is 21.8. The van der Waals surface area contributed by atoms with Crippen molar-refractivity contribution in [3.63, 3.8) is 0 Å². The summed E-state index contributed by atoms with van der Waals surface area (Å²) in [6.07, 6.45) is 5.08. The highest BCUT2D eigenvalue weighted by Crippen LogP contribution is 2.15. The van der Waals surface area contributed by atoms with E-state index in [1.807, 2.05) is 0 Å². The lowest BCUT2D eigenvalue weighted by atomic mass is 10.0. The third-order valence-corrected chi connectivity index (χ3v) is 1.95. The molecule has 1 rings (SSSR count). The fraction of sp³-hybridized carbons (Fsp3) is 0.556. The molecule has 0 saturated heterocycles. The molecule has 0 aromatic rings. The van der Waals surface area contributed by atoms with Crippen LogP contribution in [-0.2, 0) is 9.53 Å². The Morgan fingerprint density at radius 3 is 3.17 bits per heavy atom. The minimum Gasteiger partial charge on any atom is -0.466 e. The zero-order valence-corrected chi connectivity index (χ0v) is 7.41. The predicted octanol–water partition coefficient (Wildman–Crippen LogP) is 1.34. The Bertz CT molecular complexity index is 231. The molecule has 0 bridgehead atoms. The Morgan fingerprint density at radius 1 is 1.83 bits per heavy atom. The van der Waals surface area contributed by atoms with Crippen LogP contribution in [0.2, 0.25) is 0 Å². The van der Waals surface area contributed by atoms with Crippen LogP contribution in [0.4, 0.5) is 0 Å². The van der Waals surface area contributed by atoms with Crippen LogP contribution in [0.1, 0.15) is 19.8 Å². The molecule has 0 aromatic carbocycles. The number of hydrogen-bond acceptors (Lipinski definition) is 3. The van der Waals surface area contributed by atoms with Crippen LogP contribution in [0.5, 0.6) is 0 Å². The van der Waals surface area contributed by atoms with Gasteiger partial charge in [-0.15, -0.1) is 0 Å². The Kier molecular flexibility index (Phi) is 3.02. The molecule has 0 fully saturated rings. The van der Waals surface area contributed by atoms with E-state index in [4.69, 9.17) is 0 Å². The summed E-state index contributed by atoms with van der Waals surface area (Å²) in [5.74, 6) is -0.236. The van der Waals surface area contributed by atoms with Crippen molar-refractivity contribution in [2.45, 2.75) is 25.8 Å². The second-order valence-electron chi connectivity index (χ2n) is 2.75. The van der Waals surface area contributed by atoms with E-state index in [2.05, 4.69) is 16.7 Å². The van der Waals surface area contributed by atoms with Crippen LogP contribution in [0.15, 0.2) is 16.6 Å². The topological polar surface area (TPSA) is 38.7 Å². The largest absolute Gasteiger partial charge is 0.466 e. The molecule has 3 heteroatoms. The lowest BCUT2D eigenvalue weighted by molar-refractivity contribution is -0.136. The molecule has 66 valence electrons. The maximum atomic E-state index is 11.1. The molecule has 12 heavy (non-hydrogen) atoms. The van der Waals surface area contributed by atoms with Gasteiger partial charge in [0.2, 0.25) is 0 Å². The highest BCUT2D eigenvalue weighted by Gasteiger charge is 2.16. The maximum absolute atomic E-state index is 11.1. The molecule has 1 unspecified atom stereocenters. The van der Waals surface area contributed by atoms with E-state index in [9.17, 15) is 4.79 Å². The average molecular weight is 167 g/mol. The number of allylic oxidation sites excluding steroid dienone is 1. The van der Waals surface area contributed by atoms with Gasteiger partial charge < -0.3 is 4.74 Å². The summed E-state index contributed by atoms with van der Waals surface area (Å²) in [5.41, 5.74) is 0.722. The highest BCUT2D eigenvalue weighted by atomic mass is 16.5. The van der Waals surface area contributed by atoms with Crippen LogP contribution < -0.4 is 0 Å². The van der Waals surface area contributed by atoms with Crippen LogP contribution in [0.3, 0.4) is 0 Å². The summed E-state index contributed by atoms with van der Waals surface area (Å²) in [6.45, 7) is 2.06. The number of methoxy groups -OCH3 is 1. The summed E-state index contributed by atoms with van der Waals surface area (Å²) in [5, 5.41) is 0. The van der Waals surface area contributed by atoms with Crippen LogP contribution in [-0.4, -0.2) is 25.3 Å². The van der Waals surface area contributed by atoms with Gasteiger partial charge in [-0.1, -0.05) is 6.92 Å². The number of esters is 1. The van der Waals surface area contributed by atoms with E-state index < -0.39 is 0 Å². The summed E-state index contributed by atoms with van der Waals surface area (Å²) in [6, 6.07) is 0.254. The summed E-state index contributed by atoms with van der Waals surface area (Å²) >= 11 is 0. The standard InChI is InChI=1S/C9H13NO2/c1-3-8-6-7(4-5-10-8)9(11)12-2/h4-5,8H,3,6H2,1-2H3. The zero-order valence-electron chi connectivity index (χ0n) is 7.41. The molecule has 0 aliphatic carbocycles. The highest BCUT2D eigenvalue weighted by molar-refractivity contribution is 5.94. The van der Waals surface area contributed by atoms with Gasteiger partial charge >= 0.3 is 5.97 Å². The number of carbonyl (C=O) groups is 1. The fourth-order valence-corrected chi connectivity index (χ4v) is 1.16. The van der Waals surface area contributed by atoms with E-state index >= 15 is 0 Å². The number of hydrogen-bond donors (Lipinski definition) is 0. The third-order valence-electron chi connectivity index (χ3n) is 1.95. The SMILES string of the molecule is CCC1CC(C(=O)OC)=CC=N1. The Labute approximate surface area is 72.1 Å². The number of aliphatic imine (C=N–C) groups is 1. The monoisotopic (exact) mass is 167 g/mol. The average Bonchev–Trinajstić information content (AvgIpc) is 2.17. The Morgan fingerprint density at radius 2 is 2.58 bits per heavy atom. The quantitative estimate of drug-likeness (QED) is 0.582. The van der Waals surface area contributed by atoms with E-state index in [0.29, 0.717) is 6.42 Å². The molecular weight excluding hydrogens is 154 g/mol. The van der Waals surface area contributed by atoms with Crippen molar-refractivity contribution in [1.29, 1.82) is 0 Å². The van der Waals surface area contributed by atoms with Crippen molar-refractivity contribution in [3.8, 4) is 0 Å². The lowest BCUT2D eigenvalue weighted by Crippen LogP contribution is -2.15. The molecule has 1 aliphatic heterocycles. The van der Waals surface area contributed by atoms with E-state index in [1.54, 1.807) is 12.3 Å². The van der Waals surface area contributed by atoms with E-state index in [0.717, 1.165) is 12.0 Å². The van der Waals surface area contributed by atoms with Gasteiger partial charge in [-0.2, -0.15) is 0 Å². The molecule has 0 aromatic heterocycles. The zero-order chi connectivity index (χ0) is 8.97. The molecule has 1 atom stereocenters. The smallest absolute Gasteiger partial charge is 0.333 e. The number of rotatable bonds is 2. The summed E-state index contributed by atoms with van der Waals surface area (Å²) in [4.78, 5) is 15.3. The van der Waals surface area contributed by atoms with Crippen molar-refractivity contribution in [1.82, 2.24) is 0 Å². The first-order valence-corrected chi connectivity index (χ1v) is 4.08. The Hall–Kier alpha value is -1.12. The molecule has 3 nitrogen and oxygen atoms in total. The Balaban J connectivity index is 2.62. The first-order valence-electron chi connectivity index (χ1n) is 4.08. The molecule has 0 radical (unpaired) electrons. The first-order chi connectivity index (χ1) is 5.77. The van der Waals surface area contributed by atoms with Gasteiger partial charge in [0.15, 0.2) is 0 Å². The summed E-state index contributed by atoms with van der Waals surface area (Å²) < 4.78 is 4.61. The molecule has 1 aliphatic rings. The van der Waals surface area contributed by atoms with Crippen molar-refractivity contribution in [2.24, 2.45) is 4.99 Å². The number of nitrogens with zero attached hydrogens (tertiary/aromatic N) is 1. The number of dihydropyridines is 1. The van der Waals surface area contributed by atoms with Crippen molar-refractivity contribution < 1.29 is 9.53 Å². The summed E-state index contributed by atoms with van der Waals surface area (Å²) in [7, 11) is 1.40. The van der Waals surface area contributed by atoms with Gasteiger partial charge in [0.1, 0.15) is 0 Å². The molecule has 0 N–H and O–H groups in total. The minimum absolute atomic E-state index is 0.236. The van der Waals surface area contributed by atoms with Crippen molar-refractivity contribution in [3.05, 3.63) is 11.6 Å². The second kappa shape index (κ2) is 4.04. The number of ether oxygens (including phenoxy) is 1. The van der Waals surface area contributed by atoms with E-state index in [-0.39, 0.29) is 12.0 Å². The van der Waals surface area contributed by atoms with Crippen LogP contribution >= 0.6 is 0 Å². The first kappa shape index (κ1) is 8.97. The van der Waals surface area contributed by atoms with Crippen LogP contribution in [0, 0.1) is 0 Å². The minimum atomic E-state index is -0.236. The van der Waals surface area contributed by atoms with Gasteiger partial charge in [0, 0.05) is 18.2 Å². The lowest BCUT2D eigenvalue weighted by Gasteiger charge is -2.14. The van der Waals surface area contributed by atoms with Gasteiger partial charge in [0.05, 0.1) is 13.2 Å². The maximum Gasteiger partial charge on any atom is 0.333 e. The molecule has 0 amide bonds. The second-order valence-corrected chi connectivity index (χ2v) is 2.75. The van der Waals surface area contributed by atoms with Gasteiger partial charge in [0.25, 0.3) is 0 Å². The molecule has 0 spiro atoms. The van der Waals surface area contributed by atoms with Gasteiger partial charge in [-0.3, -0.25) is 4.99 Å². The van der Waals surface area contributed by atoms with Crippen LogP contribution in [0.25, 0.3) is 0 Å². The molecular formula is C9H13NO2. The van der Waals surface area contributed by atoms with Crippen molar-refractivity contribution in [2.75, 3.05) is 7.11 Å². The third kappa shape index (κ3) is 1.94.